The van der Waals surface area contributed by atoms with Crippen molar-refractivity contribution in [3.63, 3.8) is 0 Å². The molecule has 0 atom stereocenters. The lowest BCUT2D eigenvalue weighted by atomic mass is 9.77. The highest BCUT2D eigenvalue weighted by Crippen LogP contribution is 2.41. The molecule has 1 spiro atoms. The lowest BCUT2D eigenvalue weighted by molar-refractivity contribution is -0.193. The molecule has 0 radical (unpaired) electrons. The summed E-state index contributed by atoms with van der Waals surface area (Å²) in [7, 11) is 0. The number of fused-ring (bicyclic) bond motifs is 2. The van der Waals surface area contributed by atoms with Crippen LogP contribution in [-0.4, -0.2) is 78.5 Å². The minimum Gasteiger partial charge on any atom is -0.475 e. The van der Waals surface area contributed by atoms with E-state index < -0.39 is 24.3 Å². The number of halogens is 6. The molecule has 2 N–H and O–H groups in total. The highest BCUT2D eigenvalue weighted by molar-refractivity contribution is 5.73. The zero-order valence-corrected chi connectivity index (χ0v) is 24.4. The molecule has 17 heteroatoms. The Balaban J connectivity index is 0.000000289. The Morgan fingerprint density at radius 2 is 1.57 bits per heavy atom. The molecule has 1 fully saturated rings. The van der Waals surface area contributed by atoms with Crippen molar-refractivity contribution in [1.29, 1.82) is 0 Å². The monoisotopic (exact) mass is 659 g/mol. The molecule has 6 rings (SSSR count). The molecule has 6 heterocycles. The summed E-state index contributed by atoms with van der Waals surface area (Å²) in [6, 6.07) is 6.11. The first-order valence-electron chi connectivity index (χ1n) is 14.1. The van der Waals surface area contributed by atoms with E-state index in [2.05, 4.69) is 20.9 Å². The van der Waals surface area contributed by atoms with E-state index >= 15 is 0 Å². The average Bonchev–Trinajstić information content (AvgIpc) is 3.63. The standard InChI is InChI=1S/C25H29N5O2.2C2HF3O2/c31-24-21-16-29(14-19-2-1-7-26-13-19)8-3-22(21)27-23-12-25(18-30(23)24)5-9-28(10-6-25)15-20-4-11-32-17-20;2*3-2(4,5)1(6)7/h1-2,4,7,11,13,17H,3,5-6,8-10,12,14-16,18H2;2*(H,6,7). The van der Waals surface area contributed by atoms with Crippen molar-refractivity contribution in [2.75, 3.05) is 19.6 Å². The fourth-order valence-electron chi connectivity index (χ4n) is 5.69. The molecule has 46 heavy (non-hydrogen) atoms. The van der Waals surface area contributed by atoms with Crippen LogP contribution >= 0.6 is 0 Å². The smallest absolute Gasteiger partial charge is 0.475 e. The predicted octanol–water partition coefficient (Wildman–Crippen LogP) is 3.89. The molecule has 0 unspecified atom stereocenters. The number of carboxylic acid groups (broad SMARTS) is 2. The molecular formula is C29H31F6N5O6. The van der Waals surface area contributed by atoms with Gasteiger partial charge < -0.3 is 14.6 Å². The van der Waals surface area contributed by atoms with E-state index in [-0.39, 0.29) is 11.0 Å². The number of aliphatic carboxylic acids is 2. The fourth-order valence-corrected chi connectivity index (χ4v) is 5.69. The van der Waals surface area contributed by atoms with Crippen LogP contribution in [-0.2, 0) is 48.6 Å². The largest absolute Gasteiger partial charge is 0.490 e. The maximum atomic E-state index is 13.5. The fraction of sp³-hybridized carbons (Fsp3) is 0.483. The van der Waals surface area contributed by atoms with Gasteiger partial charge in [0.2, 0.25) is 0 Å². The van der Waals surface area contributed by atoms with Crippen LogP contribution in [0.1, 0.15) is 41.1 Å². The maximum Gasteiger partial charge on any atom is 0.490 e. The van der Waals surface area contributed by atoms with Gasteiger partial charge in [-0.3, -0.25) is 24.1 Å². The normalized spacial score (nSPS) is 17.6. The number of rotatable bonds is 4. The van der Waals surface area contributed by atoms with Crippen LogP contribution in [0.25, 0.3) is 0 Å². The number of alkyl halides is 6. The number of likely N-dealkylation sites (tertiary alicyclic amines) is 1. The summed E-state index contributed by atoms with van der Waals surface area (Å²) in [5.41, 5.74) is 4.73. The van der Waals surface area contributed by atoms with Gasteiger partial charge in [-0.15, -0.1) is 0 Å². The van der Waals surface area contributed by atoms with E-state index in [4.69, 9.17) is 29.2 Å². The number of furan rings is 1. The van der Waals surface area contributed by atoms with Gasteiger partial charge in [-0.25, -0.2) is 14.6 Å². The minimum absolute atomic E-state index is 0.186. The van der Waals surface area contributed by atoms with Crippen LogP contribution in [0.2, 0.25) is 0 Å². The highest BCUT2D eigenvalue weighted by atomic mass is 19.4. The van der Waals surface area contributed by atoms with Crippen LogP contribution in [0.3, 0.4) is 0 Å². The van der Waals surface area contributed by atoms with Crippen LogP contribution in [0.15, 0.2) is 52.3 Å². The summed E-state index contributed by atoms with van der Waals surface area (Å²) in [5, 5.41) is 14.2. The van der Waals surface area contributed by atoms with Gasteiger partial charge in [0, 0.05) is 63.5 Å². The number of hydrogen-bond acceptors (Lipinski definition) is 8. The highest BCUT2D eigenvalue weighted by Gasteiger charge is 2.42. The van der Waals surface area contributed by atoms with E-state index in [1.165, 1.54) is 11.1 Å². The van der Waals surface area contributed by atoms with Gasteiger partial charge in [-0.1, -0.05) is 6.07 Å². The Hall–Kier alpha value is -4.25. The summed E-state index contributed by atoms with van der Waals surface area (Å²) in [6.45, 7) is 6.33. The van der Waals surface area contributed by atoms with Crippen LogP contribution in [0, 0.1) is 5.41 Å². The molecule has 0 saturated carbocycles. The van der Waals surface area contributed by atoms with E-state index in [0.717, 1.165) is 82.0 Å². The van der Waals surface area contributed by atoms with Crippen molar-refractivity contribution in [3.8, 4) is 0 Å². The van der Waals surface area contributed by atoms with Crippen molar-refractivity contribution in [3.05, 3.63) is 81.7 Å². The average molecular weight is 660 g/mol. The number of piperidine rings is 1. The van der Waals surface area contributed by atoms with Crippen molar-refractivity contribution in [2.45, 2.75) is 64.2 Å². The quantitative estimate of drug-likeness (QED) is 0.396. The van der Waals surface area contributed by atoms with Crippen LogP contribution in [0.5, 0.6) is 0 Å². The first kappa shape index (κ1) is 34.6. The van der Waals surface area contributed by atoms with Gasteiger partial charge >= 0.3 is 24.3 Å². The van der Waals surface area contributed by atoms with Crippen LogP contribution in [0.4, 0.5) is 26.3 Å². The molecule has 0 aromatic carbocycles. The second-order valence-electron chi connectivity index (χ2n) is 11.4. The SMILES string of the molecule is O=C(O)C(F)(F)F.O=C(O)C(F)(F)F.O=c1c2c(nc3n1CC1(CCN(Cc4ccoc4)CC1)C3)CCN(Cc1cccnc1)C2. The zero-order chi connectivity index (χ0) is 33.7. The third-order valence-corrected chi connectivity index (χ3v) is 8.02. The lowest BCUT2D eigenvalue weighted by Crippen LogP contribution is -2.41. The molecule has 0 amide bonds. The summed E-state index contributed by atoms with van der Waals surface area (Å²) in [5.74, 6) is -4.50. The van der Waals surface area contributed by atoms with E-state index in [0.29, 0.717) is 6.54 Å². The van der Waals surface area contributed by atoms with Crippen molar-refractivity contribution in [1.82, 2.24) is 24.3 Å². The van der Waals surface area contributed by atoms with E-state index in [1.807, 2.05) is 29.2 Å². The van der Waals surface area contributed by atoms with Gasteiger partial charge in [0.05, 0.1) is 23.8 Å². The third-order valence-electron chi connectivity index (χ3n) is 8.02. The molecule has 3 aromatic rings. The molecule has 250 valence electrons. The molecule has 11 nitrogen and oxygen atoms in total. The minimum atomic E-state index is -5.08. The van der Waals surface area contributed by atoms with Gasteiger partial charge in [0.15, 0.2) is 0 Å². The third kappa shape index (κ3) is 8.93. The Bertz CT molecular complexity index is 1530. The maximum absolute atomic E-state index is 13.5. The van der Waals surface area contributed by atoms with Crippen molar-refractivity contribution < 1.29 is 50.6 Å². The van der Waals surface area contributed by atoms with Gasteiger partial charge in [0.1, 0.15) is 5.82 Å². The summed E-state index contributed by atoms with van der Waals surface area (Å²) < 4.78 is 70.7. The molecule has 0 aliphatic carbocycles. The van der Waals surface area contributed by atoms with Crippen LogP contribution < -0.4 is 5.56 Å². The Kier molecular flexibility index (Phi) is 10.6. The number of nitrogens with zero attached hydrogens (tertiary/aromatic N) is 5. The van der Waals surface area contributed by atoms with Crippen molar-refractivity contribution in [2.24, 2.45) is 5.41 Å². The first-order chi connectivity index (χ1) is 21.6. The molecule has 3 aliphatic rings. The Morgan fingerprint density at radius 1 is 0.935 bits per heavy atom. The zero-order valence-electron chi connectivity index (χ0n) is 24.4. The van der Waals surface area contributed by atoms with E-state index in [9.17, 15) is 31.1 Å². The summed E-state index contributed by atoms with van der Waals surface area (Å²) >= 11 is 0. The summed E-state index contributed by atoms with van der Waals surface area (Å²) in [6.07, 6.45) is 1.14. The molecular weight excluding hydrogens is 628 g/mol. The van der Waals surface area contributed by atoms with Gasteiger partial charge in [-0.2, -0.15) is 26.3 Å². The van der Waals surface area contributed by atoms with Gasteiger partial charge in [-0.05, 0) is 49.0 Å². The molecule has 3 aromatic heterocycles. The lowest BCUT2D eigenvalue weighted by Gasteiger charge is -2.38. The number of pyridine rings is 1. The van der Waals surface area contributed by atoms with Crippen molar-refractivity contribution >= 4 is 11.9 Å². The first-order valence-corrected chi connectivity index (χ1v) is 14.1. The topological polar surface area (TPSA) is 142 Å². The number of hydrogen-bond donors (Lipinski definition) is 2. The number of carboxylic acids is 2. The number of carbonyl (C=O) groups is 2. The Labute approximate surface area is 258 Å². The van der Waals surface area contributed by atoms with Gasteiger partial charge in [0.25, 0.3) is 5.56 Å². The molecule has 0 bridgehead atoms. The second-order valence-corrected chi connectivity index (χ2v) is 11.4. The summed E-state index contributed by atoms with van der Waals surface area (Å²) in [4.78, 5) is 45.3. The predicted molar refractivity (Wildman–Crippen MR) is 147 cm³/mol. The Morgan fingerprint density at radius 3 is 2.11 bits per heavy atom. The molecule has 1 saturated heterocycles. The van der Waals surface area contributed by atoms with E-state index in [1.54, 1.807) is 12.5 Å². The number of aromatic nitrogens is 3. The molecule has 3 aliphatic heterocycles. The second kappa shape index (κ2) is 14.0.